The minimum absolute atomic E-state index is 0.207. The molecule has 0 unspecified atom stereocenters. The molecule has 5 heteroatoms. The molecule has 22 heavy (non-hydrogen) atoms. The Balaban J connectivity index is 2.48. The van der Waals surface area contributed by atoms with Crippen molar-refractivity contribution in [2.45, 2.75) is 26.7 Å². The normalized spacial score (nSPS) is 15.1. The molecule has 1 fully saturated rings. The van der Waals surface area contributed by atoms with Gasteiger partial charge in [0.05, 0.1) is 7.11 Å². The molecule has 0 saturated carbocycles. The van der Waals surface area contributed by atoms with Gasteiger partial charge >= 0.3 is 0 Å². The van der Waals surface area contributed by atoms with Crippen molar-refractivity contribution >= 4 is 11.8 Å². The average Bonchev–Trinajstić information content (AvgIpc) is 2.77. The zero-order valence-corrected chi connectivity index (χ0v) is 13.3. The highest BCUT2D eigenvalue weighted by Gasteiger charge is 2.46. The van der Waals surface area contributed by atoms with Gasteiger partial charge in [0, 0.05) is 24.2 Å². The number of likely N-dealkylation sites (N-methyl/N-ethyl adjacent to an activating group) is 2. The average molecular weight is 300 g/mol. The van der Waals surface area contributed by atoms with Gasteiger partial charge in [0.1, 0.15) is 11.7 Å². The van der Waals surface area contributed by atoms with E-state index in [0.29, 0.717) is 24.4 Å². The summed E-state index contributed by atoms with van der Waals surface area (Å²) < 4.78 is 5.37. The molecule has 0 aliphatic carbocycles. The Labute approximate surface area is 130 Å². The summed E-state index contributed by atoms with van der Waals surface area (Å²) in [7, 11) is 1.53. The standard InChI is InChI=1S/C17H20N2O3/c1-5-8-12-9-10-13(14(11-12)22-4)15-16(20)18(6-2)19(7-3)17(15)21/h9-11,15H,6-7H2,1-4H3. The summed E-state index contributed by atoms with van der Waals surface area (Å²) in [6.45, 7) is 6.40. The van der Waals surface area contributed by atoms with Crippen LogP contribution in [-0.2, 0) is 9.59 Å². The van der Waals surface area contributed by atoms with E-state index in [1.54, 1.807) is 25.1 Å². The van der Waals surface area contributed by atoms with Gasteiger partial charge in [-0.25, -0.2) is 0 Å². The van der Waals surface area contributed by atoms with Crippen molar-refractivity contribution in [3.63, 3.8) is 0 Å². The van der Waals surface area contributed by atoms with Crippen molar-refractivity contribution in [3.05, 3.63) is 29.3 Å². The van der Waals surface area contributed by atoms with E-state index in [4.69, 9.17) is 4.74 Å². The predicted octanol–water partition coefficient (Wildman–Crippen LogP) is 1.78. The molecule has 1 aliphatic heterocycles. The molecule has 1 aromatic carbocycles. The monoisotopic (exact) mass is 300 g/mol. The van der Waals surface area contributed by atoms with E-state index < -0.39 is 5.92 Å². The first-order valence-corrected chi connectivity index (χ1v) is 7.32. The minimum atomic E-state index is -0.835. The lowest BCUT2D eigenvalue weighted by Gasteiger charge is -2.24. The van der Waals surface area contributed by atoms with Crippen molar-refractivity contribution in [1.82, 2.24) is 10.0 Å². The quantitative estimate of drug-likeness (QED) is 0.629. The van der Waals surface area contributed by atoms with Gasteiger partial charge in [-0.3, -0.25) is 19.6 Å². The van der Waals surface area contributed by atoms with Crippen molar-refractivity contribution in [1.29, 1.82) is 0 Å². The van der Waals surface area contributed by atoms with Crippen molar-refractivity contribution in [2.24, 2.45) is 0 Å². The number of hydrazine groups is 1. The fraction of sp³-hybridized carbons (Fsp3) is 0.412. The first-order chi connectivity index (χ1) is 10.6. The van der Waals surface area contributed by atoms with Crippen LogP contribution in [0, 0.1) is 11.8 Å². The maximum atomic E-state index is 12.6. The van der Waals surface area contributed by atoms with Crippen LogP contribution in [0.25, 0.3) is 0 Å². The largest absolute Gasteiger partial charge is 0.496 e. The number of rotatable bonds is 4. The number of amides is 2. The van der Waals surface area contributed by atoms with E-state index in [1.807, 2.05) is 13.8 Å². The molecular formula is C17H20N2O3. The highest BCUT2D eigenvalue weighted by Crippen LogP contribution is 2.35. The van der Waals surface area contributed by atoms with Gasteiger partial charge < -0.3 is 4.74 Å². The second kappa shape index (κ2) is 6.52. The Kier molecular flexibility index (Phi) is 4.71. The van der Waals surface area contributed by atoms with Gasteiger partial charge in [-0.1, -0.05) is 12.0 Å². The first-order valence-electron chi connectivity index (χ1n) is 7.32. The number of benzene rings is 1. The molecule has 0 spiro atoms. The highest BCUT2D eigenvalue weighted by molar-refractivity contribution is 6.10. The number of carbonyl (C=O) groups excluding carboxylic acids is 2. The van der Waals surface area contributed by atoms with E-state index in [0.717, 1.165) is 5.56 Å². The van der Waals surface area contributed by atoms with E-state index in [-0.39, 0.29) is 11.8 Å². The van der Waals surface area contributed by atoms with E-state index >= 15 is 0 Å². The molecule has 1 aliphatic rings. The summed E-state index contributed by atoms with van der Waals surface area (Å²) in [6, 6.07) is 5.32. The van der Waals surface area contributed by atoms with Crippen LogP contribution in [0.4, 0.5) is 0 Å². The summed E-state index contributed by atoms with van der Waals surface area (Å²) >= 11 is 0. The van der Waals surface area contributed by atoms with Crippen LogP contribution in [0.3, 0.4) is 0 Å². The number of hydrogen-bond donors (Lipinski definition) is 0. The molecule has 0 aromatic heterocycles. The molecular weight excluding hydrogens is 280 g/mol. The van der Waals surface area contributed by atoms with Crippen LogP contribution in [-0.4, -0.2) is 42.0 Å². The highest BCUT2D eigenvalue weighted by atomic mass is 16.5. The first kappa shape index (κ1) is 15.9. The van der Waals surface area contributed by atoms with E-state index in [1.165, 1.54) is 17.1 Å². The summed E-state index contributed by atoms with van der Waals surface area (Å²) in [5, 5.41) is 2.98. The zero-order valence-electron chi connectivity index (χ0n) is 13.3. The van der Waals surface area contributed by atoms with Crippen LogP contribution < -0.4 is 4.74 Å². The van der Waals surface area contributed by atoms with Gasteiger partial charge in [0.25, 0.3) is 11.8 Å². The van der Waals surface area contributed by atoms with Gasteiger partial charge in [-0.15, -0.1) is 5.92 Å². The molecule has 116 valence electrons. The lowest BCUT2D eigenvalue weighted by Crippen LogP contribution is -2.40. The number of hydrogen-bond acceptors (Lipinski definition) is 3. The molecule has 0 bridgehead atoms. The molecule has 1 aromatic rings. The van der Waals surface area contributed by atoms with Crippen molar-refractivity contribution in [3.8, 4) is 17.6 Å². The van der Waals surface area contributed by atoms with Crippen LogP contribution in [0.1, 0.15) is 37.8 Å². The minimum Gasteiger partial charge on any atom is -0.496 e. The molecule has 1 heterocycles. The van der Waals surface area contributed by atoms with Crippen molar-refractivity contribution in [2.75, 3.05) is 20.2 Å². The number of nitrogens with zero attached hydrogens (tertiary/aromatic N) is 2. The van der Waals surface area contributed by atoms with Gasteiger partial charge in [-0.2, -0.15) is 0 Å². The fourth-order valence-electron chi connectivity index (χ4n) is 2.73. The maximum Gasteiger partial charge on any atom is 0.258 e. The topological polar surface area (TPSA) is 49.9 Å². The van der Waals surface area contributed by atoms with Crippen LogP contribution >= 0.6 is 0 Å². The smallest absolute Gasteiger partial charge is 0.258 e. The SMILES string of the molecule is CC#Cc1ccc(C2C(=O)N(CC)N(CC)C2=O)c(OC)c1. The Morgan fingerprint density at radius 2 is 1.73 bits per heavy atom. The lowest BCUT2D eigenvalue weighted by molar-refractivity contribution is -0.145. The third kappa shape index (κ3) is 2.52. The molecule has 0 atom stereocenters. The van der Waals surface area contributed by atoms with Crippen LogP contribution in [0.5, 0.6) is 5.75 Å². The lowest BCUT2D eigenvalue weighted by atomic mass is 9.96. The molecule has 5 nitrogen and oxygen atoms in total. The molecule has 2 amide bonds. The molecule has 0 N–H and O–H groups in total. The Morgan fingerprint density at radius 1 is 1.14 bits per heavy atom. The Morgan fingerprint density at radius 3 is 2.18 bits per heavy atom. The van der Waals surface area contributed by atoms with E-state index in [2.05, 4.69) is 11.8 Å². The van der Waals surface area contributed by atoms with Gasteiger partial charge in [0.2, 0.25) is 0 Å². The van der Waals surface area contributed by atoms with E-state index in [9.17, 15) is 9.59 Å². The number of methoxy groups -OCH3 is 1. The zero-order chi connectivity index (χ0) is 16.3. The van der Waals surface area contributed by atoms with Gasteiger partial charge in [-0.05, 0) is 32.9 Å². The van der Waals surface area contributed by atoms with Gasteiger partial charge in [0.15, 0.2) is 0 Å². The third-order valence-corrected chi connectivity index (χ3v) is 3.71. The summed E-state index contributed by atoms with van der Waals surface area (Å²) in [5.41, 5.74) is 1.38. The summed E-state index contributed by atoms with van der Waals surface area (Å²) in [5.74, 6) is 5.03. The second-order valence-electron chi connectivity index (χ2n) is 4.87. The maximum absolute atomic E-state index is 12.6. The Bertz CT molecular complexity index is 636. The predicted molar refractivity (Wildman–Crippen MR) is 83.1 cm³/mol. The molecule has 1 saturated heterocycles. The molecule has 0 radical (unpaired) electrons. The molecule has 2 rings (SSSR count). The van der Waals surface area contributed by atoms with Crippen LogP contribution in [0.2, 0.25) is 0 Å². The third-order valence-electron chi connectivity index (χ3n) is 3.71. The van der Waals surface area contributed by atoms with Crippen molar-refractivity contribution < 1.29 is 14.3 Å². The van der Waals surface area contributed by atoms with Crippen LogP contribution in [0.15, 0.2) is 18.2 Å². The number of ether oxygens (including phenoxy) is 1. The fourth-order valence-corrected chi connectivity index (χ4v) is 2.73. The summed E-state index contributed by atoms with van der Waals surface area (Å²) in [6.07, 6.45) is 0. The number of carbonyl (C=O) groups is 2. The summed E-state index contributed by atoms with van der Waals surface area (Å²) in [4.78, 5) is 25.2. The Hall–Kier alpha value is -2.48. The second-order valence-corrected chi connectivity index (χ2v) is 4.87.